The lowest BCUT2D eigenvalue weighted by Crippen LogP contribution is -2.52. The summed E-state index contributed by atoms with van der Waals surface area (Å²) in [7, 11) is 0. The van der Waals surface area contributed by atoms with Crippen LogP contribution in [0, 0.1) is 5.82 Å². The van der Waals surface area contributed by atoms with Gasteiger partial charge < -0.3 is 10.2 Å². The smallest absolute Gasteiger partial charge is 0.251 e. The molecule has 2 aromatic rings. The van der Waals surface area contributed by atoms with Crippen molar-refractivity contribution < 1.29 is 9.18 Å². The fraction of sp³-hybridized carbons (Fsp3) is 0.450. The zero-order chi connectivity index (χ0) is 18.5. The number of nitrogens with zero attached hydrogens (tertiary/aromatic N) is 2. The van der Waals surface area contributed by atoms with Crippen molar-refractivity contribution >= 4 is 17.2 Å². The monoisotopic (exact) mass is 375 g/mol. The summed E-state index contributed by atoms with van der Waals surface area (Å²) in [6.07, 6.45) is 0. The van der Waals surface area contributed by atoms with Gasteiger partial charge in [0.05, 0.1) is 6.04 Å². The Labute approximate surface area is 158 Å². The Hall–Kier alpha value is -1.76. The van der Waals surface area contributed by atoms with Gasteiger partial charge in [0.15, 0.2) is 0 Å². The van der Waals surface area contributed by atoms with Gasteiger partial charge in [-0.1, -0.05) is 13.0 Å². The van der Waals surface area contributed by atoms with Crippen LogP contribution in [0.5, 0.6) is 0 Å². The Kier molecular flexibility index (Phi) is 6.40. The summed E-state index contributed by atoms with van der Waals surface area (Å²) in [5.74, 6) is -0.494. The van der Waals surface area contributed by atoms with Gasteiger partial charge in [-0.05, 0) is 49.2 Å². The molecule has 1 saturated heterocycles. The van der Waals surface area contributed by atoms with E-state index in [9.17, 15) is 9.18 Å². The molecular weight excluding hydrogens is 349 g/mol. The van der Waals surface area contributed by atoms with Crippen molar-refractivity contribution in [2.75, 3.05) is 32.7 Å². The quantitative estimate of drug-likeness (QED) is 0.841. The first-order valence-electron chi connectivity index (χ1n) is 9.14. The zero-order valence-corrected chi connectivity index (χ0v) is 16.1. The predicted octanol–water partition coefficient (Wildman–Crippen LogP) is 3.38. The highest BCUT2D eigenvalue weighted by Crippen LogP contribution is 2.29. The average molecular weight is 376 g/mol. The summed E-state index contributed by atoms with van der Waals surface area (Å²) in [5.41, 5.74) is 0.485. The van der Waals surface area contributed by atoms with Crippen molar-refractivity contribution in [2.45, 2.75) is 25.9 Å². The third-order valence-corrected chi connectivity index (χ3v) is 5.96. The van der Waals surface area contributed by atoms with Gasteiger partial charge in [0, 0.05) is 42.7 Å². The van der Waals surface area contributed by atoms with Crippen molar-refractivity contribution in [3.63, 3.8) is 0 Å². The van der Waals surface area contributed by atoms with Gasteiger partial charge in [0.1, 0.15) is 5.82 Å². The minimum absolute atomic E-state index is 0.0422. The number of amides is 1. The van der Waals surface area contributed by atoms with Crippen molar-refractivity contribution in [1.82, 2.24) is 15.1 Å². The third-order valence-electron chi connectivity index (χ3n) is 5.02. The van der Waals surface area contributed by atoms with Crippen LogP contribution >= 0.6 is 11.3 Å². The van der Waals surface area contributed by atoms with Crippen molar-refractivity contribution in [1.29, 1.82) is 0 Å². The molecule has 3 rings (SSSR count). The SMILES string of the molecule is CCN1CCN([C@@H](c2cccs2)[C@@H](C)NC(=O)c2ccc(F)cc2)CC1. The third kappa shape index (κ3) is 4.50. The zero-order valence-electron chi connectivity index (χ0n) is 15.3. The topological polar surface area (TPSA) is 35.6 Å². The van der Waals surface area contributed by atoms with Crippen LogP contribution in [0.25, 0.3) is 0 Å². The van der Waals surface area contributed by atoms with Crippen LogP contribution in [0.4, 0.5) is 4.39 Å². The van der Waals surface area contributed by atoms with E-state index >= 15 is 0 Å². The highest BCUT2D eigenvalue weighted by Gasteiger charge is 2.30. The molecule has 4 nitrogen and oxygen atoms in total. The number of thiophene rings is 1. The molecule has 1 aromatic heterocycles. The first-order valence-corrected chi connectivity index (χ1v) is 10.0. The van der Waals surface area contributed by atoms with Crippen molar-refractivity contribution in [2.24, 2.45) is 0 Å². The Morgan fingerprint density at radius 1 is 1.19 bits per heavy atom. The van der Waals surface area contributed by atoms with Crippen LogP contribution in [0.1, 0.15) is 35.1 Å². The van der Waals surface area contributed by atoms with Crippen LogP contribution in [-0.4, -0.2) is 54.5 Å². The molecule has 140 valence electrons. The Balaban J connectivity index is 1.72. The van der Waals surface area contributed by atoms with E-state index in [1.54, 1.807) is 11.3 Å². The van der Waals surface area contributed by atoms with Crippen LogP contribution < -0.4 is 5.32 Å². The average Bonchev–Trinajstić information content (AvgIpc) is 3.17. The van der Waals surface area contributed by atoms with Crippen LogP contribution in [0.15, 0.2) is 41.8 Å². The fourth-order valence-electron chi connectivity index (χ4n) is 3.53. The molecule has 1 aliphatic heterocycles. The molecule has 0 radical (unpaired) electrons. The fourth-order valence-corrected chi connectivity index (χ4v) is 4.49. The van der Waals surface area contributed by atoms with E-state index in [0.717, 1.165) is 32.7 Å². The van der Waals surface area contributed by atoms with Crippen molar-refractivity contribution in [3.05, 3.63) is 58.0 Å². The molecule has 1 fully saturated rings. The standard InChI is InChI=1S/C20H26FN3OS/c1-3-23-10-12-24(13-11-23)19(18-5-4-14-26-18)15(2)22-20(25)16-6-8-17(21)9-7-16/h4-9,14-15,19H,3,10-13H2,1-2H3,(H,22,25)/t15-,19-/m1/s1. The normalized spacial score (nSPS) is 18.4. The van der Waals surface area contributed by atoms with E-state index < -0.39 is 0 Å². The molecule has 26 heavy (non-hydrogen) atoms. The van der Waals surface area contributed by atoms with E-state index in [4.69, 9.17) is 0 Å². The number of halogens is 1. The summed E-state index contributed by atoms with van der Waals surface area (Å²) >= 11 is 1.73. The van der Waals surface area contributed by atoms with Crippen LogP contribution in [0.3, 0.4) is 0 Å². The lowest BCUT2D eigenvalue weighted by Gasteiger charge is -2.41. The molecule has 2 heterocycles. The summed E-state index contributed by atoms with van der Waals surface area (Å²) in [4.78, 5) is 18.7. The number of rotatable bonds is 6. The van der Waals surface area contributed by atoms with E-state index in [0.29, 0.717) is 5.56 Å². The van der Waals surface area contributed by atoms with E-state index in [1.807, 2.05) is 0 Å². The Morgan fingerprint density at radius 2 is 1.88 bits per heavy atom. The number of hydrogen-bond acceptors (Lipinski definition) is 4. The summed E-state index contributed by atoms with van der Waals surface area (Å²) in [6, 6.07) is 10.00. The molecule has 1 N–H and O–H groups in total. The van der Waals surface area contributed by atoms with Gasteiger partial charge in [-0.2, -0.15) is 0 Å². The highest BCUT2D eigenvalue weighted by atomic mass is 32.1. The molecule has 0 bridgehead atoms. The van der Waals surface area contributed by atoms with E-state index in [1.165, 1.54) is 29.1 Å². The molecule has 0 aliphatic carbocycles. The first kappa shape index (κ1) is 19.0. The molecule has 0 unspecified atom stereocenters. The van der Waals surface area contributed by atoms with Crippen molar-refractivity contribution in [3.8, 4) is 0 Å². The van der Waals surface area contributed by atoms with Gasteiger partial charge >= 0.3 is 0 Å². The van der Waals surface area contributed by atoms with Crippen LogP contribution in [-0.2, 0) is 0 Å². The molecular formula is C20H26FN3OS. The highest BCUT2D eigenvalue weighted by molar-refractivity contribution is 7.10. The van der Waals surface area contributed by atoms with Gasteiger partial charge in [-0.3, -0.25) is 9.69 Å². The maximum absolute atomic E-state index is 13.1. The second-order valence-electron chi connectivity index (χ2n) is 6.70. The molecule has 1 amide bonds. The van der Waals surface area contributed by atoms with Gasteiger partial charge in [-0.25, -0.2) is 4.39 Å². The first-order chi connectivity index (χ1) is 12.6. The molecule has 6 heteroatoms. The van der Waals surface area contributed by atoms with E-state index in [2.05, 4.69) is 46.5 Å². The lowest BCUT2D eigenvalue weighted by atomic mass is 10.0. The van der Waals surface area contributed by atoms with Gasteiger partial charge in [0.25, 0.3) is 5.91 Å². The molecule has 0 spiro atoms. The minimum atomic E-state index is -0.333. The largest absolute Gasteiger partial charge is 0.348 e. The van der Waals surface area contributed by atoms with Gasteiger partial charge in [0.2, 0.25) is 0 Å². The van der Waals surface area contributed by atoms with Crippen LogP contribution in [0.2, 0.25) is 0 Å². The number of nitrogens with one attached hydrogen (secondary N) is 1. The van der Waals surface area contributed by atoms with Gasteiger partial charge in [-0.15, -0.1) is 11.3 Å². The number of carbonyl (C=O) groups excluding carboxylic acids is 1. The molecule has 1 aliphatic rings. The maximum Gasteiger partial charge on any atom is 0.251 e. The Morgan fingerprint density at radius 3 is 2.46 bits per heavy atom. The van der Waals surface area contributed by atoms with E-state index in [-0.39, 0.29) is 23.8 Å². The number of piperazine rings is 1. The number of benzene rings is 1. The number of hydrogen-bond donors (Lipinski definition) is 1. The lowest BCUT2D eigenvalue weighted by molar-refractivity contribution is 0.0753. The molecule has 0 saturated carbocycles. The Bertz CT molecular complexity index is 696. The summed E-state index contributed by atoms with van der Waals surface area (Å²) < 4.78 is 13.1. The minimum Gasteiger partial charge on any atom is -0.348 e. The second-order valence-corrected chi connectivity index (χ2v) is 7.68. The molecule has 1 aromatic carbocycles. The predicted molar refractivity (Wildman–Crippen MR) is 104 cm³/mol. The maximum atomic E-state index is 13.1. The number of carbonyl (C=O) groups is 1. The molecule has 2 atom stereocenters. The summed E-state index contributed by atoms with van der Waals surface area (Å²) in [6.45, 7) is 9.42. The summed E-state index contributed by atoms with van der Waals surface area (Å²) in [5, 5.41) is 5.20. The number of likely N-dealkylation sites (N-methyl/N-ethyl adjacent to an activating group) is 1. The second kappa shape index (κ2) is 8.75.